The van der Waals surface area contributed by atoms with Gasteiger partial charge in [0.2, 0.25) is 11.8 Å². The Hall–Kier alpha value is -1.06. The van der Waals surface area contributed by atoms with Crippen LogP contribution >= 0.6 is 0 Å². The van der Waals surface area contributed by atoms with Crippen LogP contribution in [0.4, 0.5) is 0 Å². The van der Waals surface area contributed by atoms with Gasteiger partial charge in [0.15, 0.2) is 0 Å². The minimum absolute atomic E-state index is 0.298. The SMILES string of the molecule is O=C(C1CC2CCC1C2)N1CCCN(C(=O)C2CC3CCC2C3)CC1. The van der Waals surface area contributed by atoms with Crippen molar-refractivity contribution in [3.63, 3.8) is 0 Å². The summed E-state index contributed by atoms with van der Waals surface area (Å²) in [4.78, 5) is 30.2. The zero-order valence-corrected chi connectivity index (χ0v) is 15.4. The smallest absolute Gasteiger partial charge is 0.226 e. The van der Waals surface area contributed by atoms with Crippen LogP contribution in [0.5, 0.6) is 0 Å². The second-order valence-corrected chi connectivity index (χ2v) is 9.57. The van der Waals surface area contributed by atoms with Crippen LogP contribution in [0.3, 0.4) is 0 Å². The van der Waals surface area contributed by atoms with Crippen LogP contribution < -0.4 is 0 Å². The van der Waals surface area contributed by atoms with Crippen LogP contribution in [0.2, 0.25) is 0 Å². The molecule has 4 heteroatoms. The van der Waals surface area contributed by atoms with E-state index in [1.807, 2.05) is 0 Å². The van der Waals surface area contributed by atoms with Gasteiger partial charge in [0.25, 0.3) is 0 Å². The molecule has 1 aliphatic heterocycles. The molecule has 4 nitrogen and oxygen atoms in total. The van der Waals surface area contributed by atoms with Gasteiger partial charge in [0.05, 0.1) is 0 Å². The molecule has 4 saturated carbocycles. The summed E-state index contributed by atoms with van der Waals surface area (Å²) in [5.41, 5.74) is 0. The molecule has 0 N–H and O–H groups in total. The first-order valence-corrected chi connectivity index (χ1v) is 10.8. The van der Waals surface area contributed by atoms with E-state index < -0.39 is 0 Å². The number of carbonyl (C=O) groups is 2. The van der Waals surface area contributed by atoms with Crippen LogP contribution in [0.1, 0.15) is 57.8 Å². The predicted molar refractivity (Wildman–Crippen MR) is 95.7 cm³/mol. The first-order chi connectivity index (χ1) is 12.2. The Morgan fingerprint density at radius 1 is 0.600 bits per heavy atom. The molecule has 4 aliphatic carbocycles. The van der Waals surface area contributed by atoms with Crippen molar-refractivity contribution >= 4 is 11.8 Å². The van der Waals surface area contributed by atoms with Crippen molar-refractivity contribution in [3.05, 3.63) is 0 Å². The molecule has 5 aliphatic rings. The highest BCUT2D eigenvalue weighted by Crippen LogP contribution is 2.50. The Bertz CT molecular complexity index is 514. The van der Waals surface area contributed by atoms with Crippen LogP contribution in [0, 0.1) is 35.5 Å². The molecule has 0 spiro atoms. The fourth-order valence-electron chi connectivity index (χ4n) is 6.92. The van der Waals surface area contributed by atoms with Gasteiger partial charge >= 0.3 is 0 Å². The number of fused-ring (bicyclic) bond motifs is 4. The Morgan fingerprint density at radius 3 is 1.44 bits per heavy atom. The highest BCUT2D eigenvalue weighted by atomic mass is 16.2. The highest BCUT2D eigenvalue weighted by molar-refractivity contribution is 5.81. The summed E-state index contributed by atoms with van der Waals surface area (Å²) >= 11 is 0. The lowest BCUT2D eigenvalue weighted by atomic mass is 9.87. The van der Waals surface area contributed by atoms with E-state index in [-0.39, 0.29) is 0 Å². The van der Waals surface area contributed by atoms with E-state index in [4.69, 9.17) is 0 Å². The molecule has 2 amide bonds. The first kappa shape index (κ1) is 16.1. The van der Waals surface area contributed by atoms with Gasteiger partial charge in [-0.3, -0.25) is 9.59 Å². The van der Waals surface area contributed by atoms with E-state index >= 15 is 0 Å². The van der Waals surface area contributed by atoms with Crippen molar-refractivity contribution in [3.8, 4) is 0 Å². The van der Waals surface area contributed by atoms with Crippen LogP contribution in [-0.4, -0.2) is 47.8 Å². The van der Waals surface area contributed by atoms with Crippen molar-refractivity contribution in [2.45, 2.75) is 57.8 Å². The van der Waals surface area contributed by atoms with Crippen molar-refractivity contribution < 1.29 is 9.59 Å². The van der Waals surface area contributed by atoms with E-state index in [0.29, 0.717) is 35.5 Å². The summed E-state index contributed by atoms with van der Waals surface area (Å²) in [5.74, 6) is 4.37. The molecule has 5 rings (SSSR count). The Balaban J connectivity index is 1.19. The third kappa shape index (κ3) is 2.80. The van der Waals surface area contributed by atoms with Gasteiger partial charge in [-0.05, 0) is 68.6 Å². The topological polar surface area (TPSA) is 40.6 Å². The van der Waals surface area contributed by atoms with E-state index in [0.717, 1.165) is 57.3 Å². The lowest BCUT2D eigenvalue weighted by molar-refractivity contribution is -0.139. The van der Waals surface area contributed by atoms with E-state index in [1.165, 1.54) is 38.5 Å². The zero-order valence-electron chi connectivity index (χ0n) is 15.4. The summed E-state index contributed by atoms with van der Waals surface area (Å²) in [7, 11) is 0. The molecule has 5 fully saturated rings. The Labute approximate surface area is 151 Å². The molecule has 6 unspecified atom stereocenters. The zero-order chi connectivity index (χ0) is 17.0. The lowest BCUT2D eigenvalue weighted by Crippen LogP contribution is -2.43. The van der Waals surface area contributed by atoms with E-state index in [9.17, 15) is 9.59 Å². The third-order valence-electron chi connectivity index (χ3n) is 8.23. The fourth-order valence-corrected chi connectivity index (χ4v) is 6.92. The van der Waals surface area contributed by atoms with Crippen molar-refractivity contribution in [2.75, 3.05) is 26.2 Å². The molecule has 138 valence electrons. The van der Waals surface area contributed by atoms with Crippen molar-refractivity contribution in [1.82, 2.24) is 9.80 Å². The van der Waals surface area contributed by atoms with Crippen molar-refractivity contribution in [1.29, 1.82) is 0 Å². The summed E-state index contributed by atoms with van der Waals surface area (Å²) in [5, 5.41) is 0. The number of hydrogen-bond donors (Lipinski definition) is 0. The molecule has 0 aromatic carbocycles. The first-order valence-electron chi connectivity index (χ1n) is 10.8. The molecule has 6 atom stereocenters. The average molecular weight is 344 g/mol. The average Bonchev–Trinajstić information content (AvgIpc) is 3.39. The third-order valence-corrected chi connectivity index (χ3v) is 8.23. The second-order valence-electron chi connectivity index (χ2n) is 9.57. The van der Waals surface area contributed by atoms with Gasteiger partial charge in [0, 0.05) is 38.0 Å². The van der Waals surface area contributed by atoms with Gasteiger partial charge < -0.3 is 9.80 Å². The number of nitrogens with zero attached hydrogens (tertiary/aromatic N) is 2. The van der Waals surface area contributed by atoms with E-state index in [1.54, 1.807) is 0 Å². The summed E-state index contributed by atoms with van der Waals surface area (Å²) < 4.78 is 0. The Kier molecular flexibility index (Phi) is 4.05. The molecule has 25 heavy (non-hydrogen) atoms. The number of rotatable bonds is 2. The van der Waals surface area contributed by atoms with Gasteiger partial charge in [-0.2, -0.15) is 0 Å². The normalized spacial score (nSPS) is 42.9. The van der Waals surface area contributed by atoms with E-state index in [2.05, 4.69) is 9.80 Å². The maximum atomic E-state index is 13.0. The van der Waals surface area contributed by atoms with Gasteiger partial charge in [0.1, 0.15) is 0 Å². The van der Waals surface area contributed by atoms with Gasteiger partial charge in [-0.25, -0.2) is 0 Å². The summed E-state index contributed by atoms with van der Waals surface area (Å²) in [6, 6.07) is 0. The largest absolute Gasteiger partial charge is 0.341 e. The second kappa shape index (κ2) is 6.28. The molecule has 1 saturated heterocycles. The van der Waals surface area contributed by atoms with Gasteiger partial charge in [-0.15, -0.1) is 0 Å². The Morgan fingerprint density at radius 2 is 1.08 bits per heavy atom. The van der Waals surface area contributed by atoms with Crippen molar-refractivity contribution in [2.24, 2.45) is 35.5 Å². The molecule has 0 radical (unpaired) electrons. The minimum Gasteiger partial charge on any atom is -0.341 e. The summed E-state index contributed by atoms with van der Waals surface area (Å²) in [6.45, 7) is 3.24. The predicted octanol–water partition coefficient (Wildman–Crippen LogP) is 2.92. The maximum Gasteiger partial charge on any atom is 0.226 e. The van der Waals surface area contributed by atoms with Crippen LogP contribution in [0.15, 0.2) is 0 Å². The van der Waals surface area contributed by atoms with Crippen LogP contribution in [-0.2, 0) is 9.59 Å². The maximum absolute atomic E-state index is 13.0. The number of carbonyl (C=O) groups excluding carboxylic acids is 2. The summed E-state index contributed by atoms with van der Waals surface area (Å²) in [6.07, 6.45) is 11.0. The molecule has 4 bridgehead atoms. The number of amides is 2. The number of hydrogen-bond acceptors (Lipinski definition) is 2. The quantitative estimate of drug-likeness (QED) is 0.773. The van der Waals surface area contributed by atoms with Crippen LogP contribution in [0.25, 0.3) is 0 Å². The fraction of sp³-hybridized carbons (Fsp3) is 0.905. The lowest BCUT2D eigenvalue weighted by Gasteiger charge is -2.30. The molecule has 1 heterocycles. The molecule has 0 aromatic rings. The standard InChI is InChI=1S/C21H32N2O2/c24-20(18-12-14-2-4-16(18)10-14)22-6-1-7-23(9-8-22)21(25)19-13-15-3-5-17(19)11-15/h14-19H,1-13H2. The molecular weight excluding hydrogens is 312 g/mol. The molecular formula is C21H32N2O2. The van der Waals surface area contributed by atoms with Gasteiger partial charge in [-0.1, -0.05) is 12.8 Å². The minimum atomic E-state index is 0.298. The monoisotopic (exact) mass is 344 g/mol. The highest BCUT2D eigenvalue weighted by Gasteiger charge is 2.46. The molecule has 0 aromatic heterocycles.